The van der Waals surface area contributed by atoms with Gasteiger partial charge in [0.25, 0.3) is 0 Å². The third kappa shape index (κ3) is 2.88. The molecule has 0 spiro atoms. The van der Waals surface area contributed by atoms with Crippen molar-refractivity contribution in [1.29, 1.82) is 0 Å². The first kappa shape index (κ1) is 15.8. The number of amides is 1. The summed E-state index contributed by atoms with van der Waals surface area (Å²) >= 11 is 0. The normalized spacial score (nSPS) is 12.4. The number of nitrogens with zero attached hydrogens (tertiary/aromatic N) is 3. The lowest BCUT2D eigenvalue weighted by Gasteiger charge is -2.11. The summed E-state index contributed by atoms with van der Waals surface area (Å²) in [6, 6.07) is 6.66. The minimum Gasteiger partial charge on any atom is -0.504 e. The molecule has 8 heteroatoms. The maximum absolute atomic E-state index is 12.0. The molecule has 0 radical (unpaired) electrons. The molecule has 8 nitrogen and oxygen atoms in total. The van der Waals surface area contributed by atoms with Crippen LogP contribution >= 0.6 is 0 Å². The van der Waals surface area contributed by atoms with Gasteiger partial charge in [0, 0.05) is 35.3 Å². The van der Waals surface area contributed by atoms with Gasteiger partial charge in [0.15, 0.2) is 11.5 Å². The Morgan fingerprint density at radius 3 is 3.00 bits per heavy atom. The van der Waals surface area contributed by atoms with Gasteiger partial charge in [-0.2, -0.15) is 0 Å². The molecule has 1 aromatic carbocycles. The maximum Gasteiger partial charge on any atom is 0.228 e. The zero-order valence-electron chi connectivity index (χ0n) is 13.9. The van der Waals surface area contributed by atoms with Gasteiger partial charge in [-0.05, 0) is 18.2 Å². The Kier molecular flexibility index (Phi) is 3.85. The molecular formula is C18H15N5O3. The summed E-state index contributed by atoms with van der Waals surface area (Å²) in [5, 5.41) is 15.6. The lowest BCUT2D eigenvalue weighted by molar-refractivity contribution is -0.115. The van der Waals surface area contributed by atoms with E-state index < -0.39 is 0 Å². The lowest BCUT2D eigenvalue weighted by Crippen LogP contribution is -2.12. The molecule has 3 N–H and O–H groups in total. The highest BCUT2D eigenvalue weighted by atomic mass is 16.5. The third-order valence-electron chi connectivity index (χ3n) is 4.00. The van der Waals surface area contributed by atoms with Crippen molar-refractivity contribution in [2.24, 2.45) is 0 Å². The number of methoxy groups -OCH3 is 1. The summed E-state index contributed by atoms with van der Waals surface area (Å²) in [6.45, 7) is 0. The van der Waals surface area contributed by atoms with Crippen LogP contribution < -0.4 is 15.4 Å². The molecule has 4 rings (SSSR count). The van der Waals surface area contributed by atoms with E-state index >= 15 is 0 Å². The number of phenolic OH excluding ortho intramolecular Hbond substituents is 1. The molecular weight excluding hydrogens is 334 g/mol. The number of rotatable bonds is 3. The summed E-state index contributed by atoms with van der Waals surface area (Å²) in [5.74, 6) is 0.627. The molecule has 3 heterocycles. The van der Waals surface area contributed by atoms with Gasteiger partial charge < -0.3 is 20.5 Å². The molecule has 0 saturated carbocycles. The zero-order valence-corrected chi connectivity index (χ0v) is 13.9. The number of carbonyl (C=O) groups excluding carboxylic acids is 1. The van der Waals surface area contributed by atoms with Crippen LogP contribution in [0.2, 0.25) is 0 Å². The molecule has 0 atom stereocenters. The fourth-order valence-corrected chi connectivity index (χ4v) is 2.78. The van der Waals surface area contributed by atoms with E-state index in [1.807, 2.05) is 0 Å². The predicted octanol–water partition coefficient (Wildman–Crippen LogP) is 2.49. The van der Waals surface area contributed by atoms with Gasteiger partial charge in [-0.1, -0.05) is 0 Å². The van der Waals surface area contributed by atoms with Crippen molar-refractivity contribution < 1.29 is 14.6 Å². The SMILES string of the molecule is COc1cc(Nc2ncc3c(n2)-c2ccncc2NC(=O)C3)ccc1O. The first-order valence-corrected chi connectivity index (χ1v) is 7.88. The van der Waals surface area contributed by atoms with Crippen LogP contribution in [0.3, 0.4) is 0 Å². The van der Waals surface area contributed by atoms with Crippen LogP contribution in [0.25, 0.3) is 11.3 Å². The zero-order chi connectivity index (χ0) is 18.1. The van der Waals surface area contributed by atoms with Crippen molar-refractivity contribution >= 4 is 23.2 Å². The Labute approximate surface area is 148 Å². The fraction of sp³-hybridized carbons (Fsp3) is 0.111. The second kappa shape index (κ2) is 6.32. The predicted molar refractivity (Wildman–Crippen MR) is 95.5 cm³/mol. The summed E-state index contributed by atoms with van der Waals surface area (Å²) in [7, 11) is 1.48. The molecule has 130 valence electrons. The minimum atomic E-state index is -0.134. The number of phenols is 1. The van der Waals surface area contributed by atoms with Crippen LogP contribution in [-0.4, -0.2) is 33.1 Å². The molecule has 0 unspecified atom stereocenters. The Morgan fingerprint density at radius 1 is 1.27 bits per heavy atom. The van der Waals surface area contributed by atoms with E-state index in [0.29, 0.717) is 28.8 Å². The van der Waals surface area contributed by atoms with E-state index in [-0.39, 0.29) is 18.1 Å². The van der Waals surface area contributed by atoms with Crippen molar-refractivity contribution in [3.63, 3.8) is 0 Å². The van der Waals surface area contributed by atoms with Crippen molar-refractivity contribution in [1.82, 2.24) is 15.0 Å². The number of fused-ring (bicyclic) bond motifs is 3. The van der Waals surface area contributed by atoms with E-state index in [1.54, 1.807) is 36.8 Å². The molecule has 2 aromatic heterocycles. The number of carbonyl (C=O) groups is 1. The van der Waals surface area contributed by atoms with Crippen LogP contribution in [0.5, 0.6) is 11.5 Å². The monoisotopic (exact) mass is 349 g/mol. The first-order valence-electron chi connectivity index (χ1n) is 7.88. The summed E-state index contributed by atoms with van der Waals surface area (Å²) < 4.78 is 5.11. The van der Waals surface area contributed by atoms with Gasteiger partial charge in [-0.25, -0.2) is 9.97 Å². The average Bonchev–Trinajstić information content (AvgIpc) is 2.78. The molecule has 26 heavy (non-hydrogen) atoms. The number of aromatic nitrogens is 3. The highest BCUT2D eigenvalue weighted by Crippen LogP contribution is 2.33. The van der Waals surface area contributed by atoms with Gasteiger partial charge in [0.1, 0.15) is 0 Å². The highest BCUT2D eigenvalue weighted by molar-refractivity contribution is 5.99. The minimum absolute atomic E-state index is 0.0481. The molecule has 3 aromatic rings. The van der Waals surface area contributed by atoms with Gasteiger partial charge in [0.05, 0.1) is 31.1 Å². The van der Waals surface area contributed by atoms with E-state index in [0.717, 1.165) is 11.1 Å². The van der Waals surface area contributed by atoms with E-state index in [2.05, 4.69) is 25.6 Å². The van der Waals surface area contributed by atoms with Gasteiger partial charge in [-0.3, -0.25) is 9.78 Å². The van der Waals surface area contributed by atoms with Crippen molar-refractivity contribution in [2.75, 3.05) is 17.7 Å². The van der Waals surface area contributed by atoms with Crippen LogP contribution in [0.4, 0.5) is 17.3 Å². The Morgan fingerprint density at radius 2 is 2.15 bits per heavy atom. The van der Waals surface area contributed by atoms with Crippen LogP contribution in [0.15, 0.2) is 42.9 Å². The smallest absolute Gasteiger partial charge is 0.228 e. The second-order valence-corrected chi connectivity index (χ2v) is 5.73. The van der Waals surface area contributed by atoms with Crippen molar-refractivity contribution in [3.05, 3.63) is 48.4 Å². The number of benzene rings is 1. The summed E-state index contributed by atoms with van der Waals surface area (Å²) in [4.78, 5) is 25.0. The molecule has 0 saturated heterocycles. The highest BCUT2D eigenvalue weighted by Gasteiger charge is 2.21. The van der Waals surface area contributed by atoms with Gasteiger partial charge in [-0.15, -0.1) is 0 Å². The molecule has 0 bridgehead atoms. The van der Waals surface area contributed by atoms with Crippen LogP contribution in [0.1, 0.15) is 5.56 Å². The molecule has 0 fully saturated rings. The Balaban J connectivity index is 1.74. The number of hydrogen-bond acceptors (Lipinski definition) is 7. The molecule has 1 amide bonds. The van der Waals surface area contributed by atoms with E-state index in [9.17, 15) is 9.90 Å². The number of nitrogens with one attached hydrogen (secondary N) is 2. The largest absolute Gasteiger partial charge is 0.504 e. The van der Waals surface area contributed by atoms with Gasteiger partial charge >= 0.3 is 0 Å². The first-order chi connectivity index (χ1) is 12.6. The summed E-state index contributed by atoms with van der Waals surface area (Å²) in [5.41, 5.74) is 3.48. The quantitative estimate of drug-likeness (QED) is 0.623. The maximum atomic E-state index is 12.0. The average molecular weight is 349 g/mol. The van der Waals surface area contributed by atoms with E-state index in [4.69, 9.17) is 4.74 Å². The second-order valence-electron chi connectivity index (χ2n) is 5.73. The number of hydrogen-bond donors (Lipinski definition) is 3. The molecule has 1 aliphatic heterocycles. The number of aromatic hydroxyl groups is 1. The summed E-state index contributed by atoms with van der Waals surface area (Å²) in [6.07, 6.45) is 5.08. The number of ether oxygens (including phenoxy) is 1. The number of pyridine rings is 1. The van der Waals surface area contributed by atoms with Crippen molar-refractivity contribution in [3.8, 4) is 22.8 Å². The Hall–Kier alpha value is -3.68. The molecule has 0 aliphatic carbocycles. The third-order valence-corrected chi connectivity index (χ3v) is 4.00. The standard InChI is InChI=1S/C18H15N5O3/c1-26-15-7-11(2-3-14(15)24)21-18-20-8-10-6-16(25)22-13-9-19-5-4-12(13)17(10)23-18/h2-5,7-9,24H,6H2,1H3,(H,22,25)(H,20,21,23). The van der Waals surface area contributed by atoms with Crippen LogP contribution in [-0.2, 0) is 11.2 Å². The van der Waals surface area contributed by atoms with Gasteiger partial charge in [0.2, 0.25) is 11.9 Å². The lowest BCUT2D eigenvalue weighted by atomic mass is 10.1. The number of anilines is 3. The fourth-order valence-electron chi connectivity index (χ4n) is 2.78. The topological polar surface area (TPSA) is 109 Å². The van der Waals surface area contributed by atoms with Crippen molar-refractivity contribution in [2.45, 2.75) is 6.42 Å². The van der Waals surface area contributed by atoms with E-state index in [1.165, 1.54) is 13.2 Å². The van der Waals surface area contributed by atoms with Crippen LogP contribution in [0, 0.1) is 0 Å². The Bertz CT molecular complexity index is 1010. The molecule has 1 aliphatic rings.